The molecule has 2 rings (SSSR count). The summed E-state index contributed by atoms with van der Waals surface area (Å²) in [6.45, 7) is 0.0419. The molecule has 0 aliphatic carbocycles. The van der Waals surface area contributed by atoms with E-state index in [-0.39, 0.29) is 29.7 Å². The Balaban J connectivity index is 2.17. The van der Waals surface area contributed by atoms with Gasteiger partial charge < -0.3 is 14.9 Å². The number of aliphatic hydroxyl groups is 2. The van der Waals surface area contributed by atoms with Crippen molar-refractivity contribution in [2.45, 2.75) is 18.6 Å². The summed E-state index contributed by atoms with van der Waals surface area (Å²) in [5, 5.41) is 23.0. The number of carbonyl (C=O) groups excluding carboxylic acids is 2. The molecule has 0 radical (unpaired) electrons. The zero-order valence-electron chi connectivity index (χ0n) is 10.3. The molecule has 8 heteroatoms. The molecule has 1 aliphatic rings. The van der Waals surface area contributed by atoms with Crippen molar-refractivity contribution in [3.63, 3.8) is 0 Å². The van der Waals surface area contributed by atoms with Gasteiger partial charge in [0.05, 0.1) is 17.2 Å². The van der Waals surface area contributed by atoms with Crippen LogP contribution in [0.2, 0.25) is 0 Å². The number of azide groups is 1. The van der Waals surface area contributed by atoms with Crippen LogP contribution in [0.3, 0.4) is 0 Å². The van der Waals surface area contributed by atoms with Gasteiger partial charge in [0.1, 0.15) is 6.10 Å². The molecular weight excluding hydrogens is 266 g/mol. The van der Waals surface area contributed by atoms with E-state index in [1.165, 1.54) is 18.2 Å². The number of hydrogen-bond acceptors (Lipinski definition) is 6. The normalized spacial score (nSPS) is 16.1. The van der Waals surface area contributed by atoms with Gasteiger partial charge in [0, 0.05) is 11.5 Å². The molecule has 0 bridgehead atoms. The third-order valence-corrected chi connectivity index (χ3v) is 2.96. The summed E-state index contributed by atoms with van der Waals surface area (Å²) >= 11 is 0. The molecule has 0 aromatic heterocycles. The van der Waals surface area contributed by atoms with Gasteiger partial charge in [-0.3, -0.25) is 0 Å². The van der Waals surface area contributed by atoms with E-state index >= 15 is 0 Å². The number of nitrogens with zero attached hydrogens (tertiary/aromatic N) is 3. The van der Waals surface area contributed by atoms with Gasteiger partial charge in [-0.05, 0) is 29.6 Å². The zero-order chi connectivity index (χ0) is 14.7. The molecule has 2 N–H and O–H groups in total. The lowest BCUT2D eigenvalue weighted by atomic mass is 9.98. The number of aliphatic hydroxyl groups excluding tert-OH is 2. The molecule has 0 spiro atoms. The van der Waals surface area contributed by atoms with E-state index in [0.29, 0.717) is 0 Å². The zero-order valence-corrected chi connectivity index (χ0v) is 10.3. The van der Waals surface area contributed by atoms with Crippen molar-refractivity contribution in [1.82, 2.24) is 0 Å². The minimum absolute atomic E-state index is 0.0419. The lowest BCUT2D eigenvalue weighted by molar-refractivity contribution is 0.0150. The quantitative estimate of drug-likeness (QED) is 0.273. The van der Waals surface area contributed by atoms with Crippen molar-refractivity contribution in [2.75, 3.05) is 6.54 Å². The second kappa shape index (κ2) is 5.70. The van der Waals surface area contributed by atoms with Gasteiger partial charge in [-0.15, -0.1) is 0 Å². The summed E-state index contributed by atoms with van der Waals surface area (Å²) in [4.78, 5) is 25.2. The smallest absolute Gasteiger partial charge is 0.346 e. The lowest BCUT2D eigenvalue weighted by Crippen LogP contribution is -2.19. The minimum atomic E-state index is -1.25. The van der Waals surface area contributed by atoms with Crippen LogP contribution in [0.5, 0.6) is 0 Å². The van der Waals surface area contributed by atoms with Gasteiger partial charge in [0.15, 0.2) is 0 Å². The number of esters is 2. The summed E-state index contributed by atoms with van der Waals surface area (Å²) in [6.07, 6.45) is -2.32. The summed E-state index contributed by atoms with van der Waals surface area (Å²) in [5.41, 5.74) is 8.60. The van der Waals surface area contributed by atoms with Crippen molar-refractivity contribution in [1.29, 1.82) is 0 Å². The number of hydrogen-bond donors (Lipinski definition) is 2. The van der Waals surface area contributed by atoms with Crippen molar-refractivity contribution in [3.05, 3.63) is 45.3 Å². The largest absolute Gasteiger partial charge is 0.390 e. The predicted molar refractivity (Wildman–Crippen MR) is 65.8 cm³/mol. The molecule has 0 amide bonds. The van der Waals surface area contributed by atoms with E-state index in [1.807, 2.05) is 0 Å². The van der Waals surface area contributed by atoms with Gasteiger partial charge in [0.25, 0.3) is 0 Å². The van der Waals surface area contributed by atoms with Gasteiger partial charge in [-0.25, -0.2) is 9.59 Å². The molecule has 8 nitrogen and oxygen atoms in total. The average molecular weight is 277 g/mol. The number of benzene rings is 1. The first-order valence-electron chi connectivity index (χ1n) is 5.82. The van der Waals surface area contributed by atoms with Crippen LogP contribution < -0.4 is 0 Å². The number of carbonyl (C=O) groups is 2. The Morgan fingerprint density at radius 3 is 2.65 bits per heavy atom. The van der Waals surface area contributed by atoms with Crippen LogP contribution in [0, 0.1) is 0 Å². The first-order valence-corrected chi connectivity index (χ1v) is 5.82. The fourth-order valence-corrected chi connectivity index (χ4v) is 1.90. The van der Waals surface area contributed by atoms with Crippen molar-refractivity contribution < 1.29 is 24.5 Å². The third-order valence-electron chi connectivity index (χ3n) is 2.96. The van der Waals surface area contributed by atoms with E-state index in [9.17, 15) is 19.8 Å². The molecule has 1 aromatic rings. The average Bonchev–Trinajstić information content (AvgIpc) is 2.73. The first-order chi connectivity index (χ1) is 9.54. The van der Waals surface area contributed by atoms with Gasteiger partial charge in [0.2, 0.25) is 0 Å². The van der Waals surface area contributed by atoms with Crippen LogP contribution in [0.1, 0.15) is 38.8 Å². The number of fused-ring (bicyclic) bond motifs is 1. The Hall–Kier alpha value is -2.41. The van der Waals surface area contributed by atoms with Gasteiger partial charge in [-0.2, -0.15) is 0 Å². The van der Waals surface area contributed by atoms with Gasteiger partial charge >= 0.3 is 11.9 Å². The van der Waals surface area contributed by atoms with Crippen LogP contribution in [-0.2, 0) is 4.74 Å². The van der Waals surface area contributed by atoms with Gasteiger partial charge in [-0.1, -0.05) is 11.2 Å². The number of ether oxygens (including phenoxy) is 1. The maximum atomic E-state index is 11.4. The van der Waals surface area contributed by atoms with Crippen LogP contribution in [-0.4, -0.2) is 34.8 Å². The highest BCUT2D eigenvalue weighted by Crippen LogP contribution is 2.26. The second-order valence-corrected chi connectivity index (χ2v) is 4.24. The van der Waals surface area contributed by atoms with Crippen LogP contribution >= 0.6 is 0 Å². The predicted octanol–water partition coefficient (Wildman–Crippen LogP) is 1.09. The van der Waals surface area contributed by atoms with E-state index in [2.05, 4.69) is 14.8 Å². The number of cyclic esters (lactones) is 2. The monoisotopic (exact) mass is 277 g/mol. The molecule has 1 aliphatic heterocycles. The summed E-state index contributed by atoms with van der Waals surface area (Å²) < 4.78 is 4.43. The van der Waals surface area contributed by atoms with E-state index in [1.54, 1.807) is 0 Å². The standard InChI is InChI=1S/C12H11N3O5/c13-15-14-4-3-9(16)10(17)6-1-2-7-8(5-6)12(19)20-11(7)18/h1-2,5,9-10,16-17H,3-4H2. The Bertz CT molecular complexity index is 609. The molecule has 2 unspecified atom stereocenters. The highest BCUT2D eigenvalue weighted by atomic mass is 16.6. The summed E-state index contributed by atoms with van der Waals surface area (Å²) in [7, 11) is 0. The Labute approximate surface area is 113 Å². The molecule has 2 atom stereocenters. The topological polar surface area (TPSA) is 133 Å². The first kappa shape index (κ1) is 14.0. The fourth-order valence-electron chi connectivity index (χ4n) is 1.90. The second-order valence-electron chi connectivity index (χ2n) is 4.24. The maximum absolute atomic E-state index is 11.4. The van der Waals surface area contributed by atoms with Crippen LogP contribution in [0.25, 0.3) is 10.4 Å². The Morgan fingerprint density at radius 2 is 1.95 bits per heavy atom. The SMILES string of the molecule is [N-]=[N+]=NCCC(O)C(O)c1ccc2c(c1)C(=O)OC2=O. The van der Waals surface area contributed by atoms with Crippen molar-refractivity contribution in [2.24, 2.45) is 5.11 Å². The Morgan fingerprint density at radius 1 is 1.25 bits per heavy atom. The van der Waals surface area contributed by atoms with Crippen molar-refractivity contribution in [3.8, 4) is 0 Å². The minimum Gasteiger partial charge on any atom is -0.390 e. The maximum Gasteiger partial charge on any atom is 0.346 e. The Kier molecular flexibility index (Phi) is 3.99. The molecule has 1 aromatic carbocycles. The van der Waals surface area contributed by atoms with Crippen LogP contribution in [0.15, 0.2) is 23.3 Å². The molecular formula is C12H11N3O5. The molecule has 0 saturated heterocycles. The summed E-state index contributed by atoms with van der Waals surface area (Å²) in [5.74, 6) is -1.50. The molecule has 20 heavy (non-hydrogen) atoms. The van der Waals surface area contributed by atoms with E-state index in [4.69, 9.17) is 5.53 Å². The van der Waals surface area contributed by atoms with E-state index in [0.717, 1.165) is 0 Å². The van der Waals surface area contributed by atoms with Crippen LogP contribution in [0.4, 0.5) is 0 Å². The highest BCUT2D eigenvalue weighted by molar-refractivity contribution is 6.14. The lowest BCUT2D eigenvalue weighted by Gasteiger charge is -2.17. The third kappa shape index (κ3) is 2.62. The number of rotatable bonds is 5. The van der Waals surface area contributed by atoms with E-state index < -0.39 is 24.1 Å². The fraction of sp³-hybridized carbons (Fsp3) is 0.333. The van der Waals surface area contributed by atoms with Crippen molar-refractivity contribution >= 4 is 11.9 Å². The molecule has 1 heterocycles. The molecule has 0 fully saturated rings. The molecule has 104 valence electrons. The summed E-state index contributed by atoms with van der Waals surface area (Å²) in [6, 6.07) is 4.10. The highest BCUT2D eigenvalue weighted by Gasteiger charge is 2.31. The molecule has 0 saturated carbocycles.